The van der Waals surface area contributed by atoms with E-state index in [2.05, 4.69) is 20.0 Å². The lowest BCUT2D eigenvalue weighted by molar-refractivity contribution is -0.153. The number of allylic oxidation sites excluding steroid dienone is 1. The van der Waals surface area contributed by atoms with Gasteiger partial charge in [-0.25, -0.2) is 9.55 Å². The van der Waals surface area contributed by atoms with E-state index < -0.39 is 19.3 Å². The highest BCUT2D eigenvalue weighted by Gasteiger charge is 2.41. The van der Waals surface area contributed by atoms with Crippen LogP contribution in [0.15, 0.2) is 48.8 Å². The number of nitrogens with one attached hydrogen (secondary N) is 1. The number of nitrogens with two attached hydrogens (primary N) is 1. The summed E-state index contributed by atoms with van der Waals surface area (Å²) in [5, 5.41) is 2.78. The molecule has 0 aliphatic heterocycles. The number of hydrogen-bond acceptors (Lipinski definition) is 10. The summed E-state index contributed by atoms with van der Waals surface area (Å²) in [6.07, 6.45) is 5.93. The molecular weight excluding hydrogens is 511 g/mol. The molecule has 0 saturated carbocycles. The normalized spacial score (nSPS) is 19.0. The molecule has 1 aliphatic carbocycles. The molecular formula is C25H33N6O6P. The highest BCUT2D eigenvalue weighted by Crippen LogP contribution is 2.47. The summed E-state index contributed by atoms with van der Waals surface area (Å²) in [6.45, 7) is 6.70. The van der Waals surface area contributed by atoms with Crippen LogP contribution in [0.25, 0.3) is 11.2 Å². The van der Waals surface area contributed by atoms with Crippen LogP contribution in [-0.2, 0) is 18.6 Å². The summed E-state index contributed by atoms with van der Waals surface area (Å²) in [6, 6.07) is 8.55. The van der Waals surface area contributed by atoms with Crippen LogP contribution in [0.4, 0.5) is 5.95 Å². The number of nitrogens with zero attached hydrogens (tertiary/aromatic N) is 4. The first-order valence-electron chi connectivity index (χ1n) is 12.2. The SMILES string of the molecule is COc1nc(N)nc2c1ncn2[C@H]1C=C[C@@H](COP(=O)(NC(C)(C)C(=O)OC(C)C)Oc2ccccc2)C1. The molecule has 3 aromatic rings. The molecule has 0 fully saturated rings. The number of methoxy groups -OCH3 is 1. The number of rotatable bonds is 11. The average molecular weight is 545 g/mol. The predicted molar refractivity (Wildman–Crippen MR) is 142 cm³/mol. The number of carbonyl (C=O) groups is 1. The van der Waals surface area contributed by atoms with Crippen LogP contribution in [0.2, 0.25) is 0 Å². The van der Waals surface area contributed by atoms with Crippen molar-refractivity contribution in [1.29, 1.82) is 0 Å². The van der Waals surface area contributed by atoms with E-state index in [4.69, 9.17) is 24.3 Å². The van der Waals surface area contributed by atoms with Crippen LogP contribution in [0.5, 0.6) is 11.6 Å². The maximum Gasteiger partial charge on any atom is 0.459 e. The Kier molecular flexibility index (Phi) is 8.05. The van der Waals surface area contributed by atoms with E-state index >= 15 is 0 Å². The summed E-state index contributed by atoms with van der Waals surface area (Å²) < 4.78 is 38.0. The number of ether oxygens (including phenoxy) is 2. The van der Waals surface area contributed by atoms with Crippen LogP contribution < -0.4 is 20.1 Å². The summed E-state index contributed by atoms with van der Waals surface area (Å²) in [5.41, 5.74) is 5.57. The minimum atomic E-state index is -4.01. The van der Waals surface area contributed by atoms with Crippen LogP contribution >= 0.6 is 7.75 Å². The summed E-state index contributed by atoms with van der Waals surface area (Å²) in [5.74, 6) is 0.0574. The maximum absolute atomic E-state index is 13.9. The van der Waals surface area contributed by atoms with E-state index in [1.165, 1.54) is 7.11 Å². The molecule has 2 heterocycles. The van der Waals surface area contributed by atoms with Gasteiger partial charge in [0.1, 0.15) is 11.3 Å². The van der Waals surface area contributed by atoms with Crippen LogP contribution in [-0.4, -0.2) is 50.8 Å². The van der Waals surface area contributed by atoms with Gasteiger partial charge in [-0.3, -0.25) is 9.32 Å². The highest BCUT2D eigenvalue weighted by atomic mass is 31.2. The fraction of sp³-hybridized carbons (Fsp3) is 0.440. The molecule has 204 valence electrons. The van der Waals surface area contributed by atoms with Crippen molar-refractivity contribution in [3.63, 3.8) is 0 Å². The Balaban J connectivity index is 1.48. The van der Waals surface area contributed by atoms with Crippen LogP contribution in [0, 0.1) is 5.92 Å². The first-order valence-corrected chi connectivity index (χ1v) is 13.8. The molecule has 1 aromatic carbocycles. The van der Waals surface area contributed by atoms with Crippen LogP contribution in [0.3, 0.4) is 0 Å². The van der Waals surface area contributed by atoms with E-state index in [-0.39, 0.29) is 30.6 Å². The van der Waals surface area contributed by atoms with Crippen molar-refractivity contribution in [2.45, 2.75) is 51.8 Å². The van der Waals surface area contributed by atoms with E-state index in [0.717, 1.165) is 0 Å². The molecule has 0 bridgehead atoms. The van der Waals surface area contributed by atoms with Gasteiger partial charge in [-0.15, -0.1) is 0 Å². The molecule has 2 aromatic heterocycles. The zero-order valence-electron chi connectivity index (χ0n) is 22.0. The number of fused-ring (bicyclic) bond motifs is 1. The average Bonchev–Trinajstić information content (AvgIpc) is 3.49. The van der Waals surface area contributed by atoms with Crippen molar-refractivity contribution in [1.82, 2.24) is 24.6 Å². The second-order valence-corrected chi connectivity index (χ2v) is 11.4. The third-order valence-electron chi connectivity index (χ3n) is 5.80. The van der Waals surface area contributed by atoms with Gasteiger partial charge < -0.3 is 24.3 Å². The Labute approximate surface area is 221 Å². The molecule has 3 N–H and O–H groups in total. The Hall–Kier alpha value is -3.47. The molecule has 0 radical (unpaired) electrons. The Morgan fingerprint density at radius 1 is 1.24 bits per heavy atom. The Morgan fingerprint density at radius 2 is 1.97 bits per heavy atom. The monoisotopic (exact) mass is 544 g/mol. The topological polar surface area (TPSA) is 153 Å². The van der Waals surface area contributed by atoms with Crippen molar-refractivity contribution < 1.29 is 27.9 Å². The highest BCUT2D eigenvalue weighted by molar-refractivity contribution is 7.52. The van der Waals surface area contributed by atoms with Gasteiger partial charge in [0.05, 0.1) is 32.2 Å². The van der Waals surface area contributed by atoms with Gasteiger partial charge in [0.15, 0.2) is 11.2 Å². The van der Waals surface area contributed by atoms with Crippen molar-refractivity contribution in [3.05, 3.63) is 48.8 Å². The molecule has 0 amide bonds. The smallest absolute Gasteiger partial charge is 0.459 e. The van der Waals surface area contributed by atoms with E-state index in [1.807, 2.05) is 22.8 Å². The quantitative estimate of drug-likeness (QED) is 0.204. The molecule has 3 atom stereocenters. The first kappa shape index (κ1) is 27.6. The van der Waals surface area contributed by atoms with Crippen LogP contribution in [0.1, 0.15) is 40.2 Å². The summed E-state index contributed by atoms with van der Waals surface area (Å²) in [7, 11) is -2.51. The van der Waals surface area contributed by atoms with E-state index in [0.29, 0.717) is 29.2 Å². The lowest BCUT2D eigenvalue weighted by Gasteiger charge is -2.30. The van der Waals surface area contributed by atoms with Gasteiger partial charge in [0.25, 0.3) is 0 Å². The molecule has 1 unspecified atom stereocenters. The third-order valence-corrected chi connectivity index (χ3v) is 7.58. The lowest BCUT2D eigenvalue weighted by Crippen LogP contribution is -2.47. The first-order chi connectivity index (χ1) is 18.0. The summed E-state index contributed by atoms with van der Waals surface area (Å²) in [4.78, 5) is 25.4. The van der Waals surface area contributed by atoms with Gasteiger partial charge in [-0.05, 0) is 46.2 Å². The fourth-order valence-electron chi connectivity index (χ4n) is 4.02. The molecule has 0 spiro atoms. The molecule has 12 nitrogen and oxygen atoms in total. The Morgan fingerprint density at radius 3 is 2.66 bits per heavy atom. The molecule has 0 saturated heterocycles. The number of para-hydroxylation sites is 1. The largest absolute Gasteiger partial charge is 0.479 e. The van der Waals surface area contributed by atoms with Gasteiger partial charge in [-0.2, -0.15) is 15.1 Å². The fourth-order valence-corrected chi connectivity index (χ4v) is 5.74. The maximum atomic E-state index is 13.9. The number of anilines is 1. The van der Waals surface area contributed by atoms with Gasteiger partial charge in [0, 0.05) is 5.92 Å². The zero-order chi connectivity index (χ0) is 27.5. The minimum Gasteiger partial charge on any atom is -0.479 e. The second kappa shape index (κ2) is 11.1. The molecule has 13 heteroatoms. The minimum absolute atomic E-state index is 0.0759. The number of carbonyl (C=O) groups excluding carboxylic acids is 1. The zero-order valence-corrected chi connectivity index (χ0v) is 22.9. The number of hydrogen-bond donors (Lipinski definition) is 2. The van der Waals surface area contributed by atoms with Crippen molar-refractivity contribution >= 4 is 30.8 Å². The number of nitrogen functional groups attached to an aromatic ring is 1. The van der Waals surface area contributed by atoms with Crippen molar-refractivity contribution in [3.8, 4) is 11.6 Å². The van der Waals surface area contributed by atoms with Gasteiger partial charge in [-0.1, -0.05) is 30.4 Å². The van der Waals surface area contributed by atoms with E-state index in [1.54, 1.807) is 58.3 Å². The number of aromatic nitrogens is 4. The number of esters is 1. The Bertz CT molecular complexity index is 1360. The van der Waals surface area contributed by atoms with Gasteiger partial charge >= 0.3 is 13.7 Å². The third kappa shape index (κ3) is 6.32. The number of imidazole rings is 1. The standard InChI is InChI=1S/C25H33N6O6P/c1-16(2)36-23(32)25(3,4)30-38(33,37-19-9-7-6-8-10-19)35-14-17-11-12-18(13-17)31-15-27-20-21(31)28-24(26)29-22(20)34-5/h6-12,15-18H,13-14H2,1-5H3,(H,30,33)(H2,26,28,29)/t17-,18+,38?/m1/s1. The molecule has 38 heavy (non-hydrogen) atoms. The lowest BCUT2D eigenvalue weighted by atomic mass is 10.1. The van der Waals surface area contributed by atoms with Gasteiger partial charge in [0.2, 0.25) is 11.8 Å². The number of benzene rings is 1. The van der Waals surface area contributed by atoms with Crippen molar-refractivity contribution in [2.24, 2.45) is 5.92 Å². The summed E-state index contributed by atoms with van der Waals surface area (Å²) >= 11 is 0. The van der Waals surface area contributed by atoms with Crippen molar-refractivity contribution in [2.75, 3.05) is 19.5 Å². The molecule has 4 rings (SSSR count). The second-order valence-electron chi connectivity index (χ2n) is 9.75. The predicted octanol–water partition coefficient (Wildman–Crippen LogP) is 4.06. The molecule has 1 aliphatic rings. The van der Waals surface area contributed by atoms with E-state index in [9.17, 15) is 9.36 Å².